The lowest BCUT2D eigenvalue weighted by Crippen LogP contribution is -2.15. The van der Waals surface area contributed by atoms with Gasteiger partial charge < -0.3 is 4.42 Å². The maximum Gasteiger partial charge on any atom is 0.140 e. The summed E-state index contributed by atoms with van der Waals surface area (Å²) in [5.74, 6) is 0. The highest BCUT2D eigenvalue weighted by molar-refractivity contribution is 6.25. The van der Waals surface area contributed by atoms with E-state index in [4.69, 9.17) is 11.0 Å². The average molecular weight is 769 g/mol. The molecule has 8 aromatic carbocycles. The fourth-order valence-corrected chi connectivity index (χ4v) is 10.1. The van der Waals surface area contributed by atoms with Gasteiger partial charge in [0.2, 0.25) is 0 Å². The molecule has 60 heavy (non-hydrogen) atoms. The zero-order chi connectivity index (χ0) is 40.4. The minimum atomic E-state index is -0.229. The Labute approximate surface area is 351 Å². The first-order chi connectivity index (χ1) is 29.5. The van der Waals surface area contributed by atoms with E-state index in [0.29, 0.717) is 0 Å². The molecule has 0 unspecified atom stereocenters. The Bertz CT molecular complexity index is 3350. The van der Waals surface area contributed by atoms with Crippen LogP contribution >= 0.6 is 0 Å². The van der Waals surface area contributed by atoms with Crippen molar-refractivity contribution in [3.63, 3.8) is 0 Å². The van der Waals surface area contributed by atoms with Gasteiger partial charge in [-0.15, -0.1) is 0 Å². The fraction of sp³-hybridized carbons (Fsp3) is 0.0847. The third-order valence-corrected chi connectivity index (χ3v) is 12.8. The van der Waals surface area contributed by atoms with Crippen molar-refractivity contribution >= 4 is 71.5 Å². The van der Waals surface area contributed by atoms with E-state index < -0.39 is 0 Å². The minimum absolute atomic E-state index is 0.229. The lowest BCUT2D eigenvalue weighted by molar-refractivity contribution is 0.620. The average Bonchev–Trinajstić information content (AvgIpc) is 3.79. The van der Waals surface area contributed by atoms with Gasteiger partial charge in [0.05, 0.1) is 0 Å². The normalized spacial score (nSPS) is 17.2. The number of benzene rings is 8. The van der Waals surface area contributed by atoms with E-state index in [-0.39, 0.29) is 5.41 Å². The maximum atomic E-state index is 6.75. The number of hydrogen-bond acceptors (Lipinski definition) is 1. The predicted molar refractivity (Wildman–Crippen MR) is 258 cm³/mol. The van der Waals surface area contributed by atoms with Gasteiger partial charge in [-0.1, -0.05) is 196 Å². The number of allylic oxidation sites excluding steroid dienone is 10. The lowest BCUT2D eigenvalue weighted by Gasteiger charge is -2.22. The molecular weight excluding hydrogens is 725 g/mol. The summed E-state index contributed by atoms with van der Waals surface area (Å²) in [6.07, 6.45) is 21.7. The Morgan fingerprint density at radius 1 is 0.600 bits per heavy atom. The summed E-state index contributed by atoms with van der Waals surface area (Å²) < 4.78 is 6.75. The van der Waals surface area contributed by atoms with E-state index in [1.165, 1.54) is 93.2 Å². The van der Waals surface area contributed by atoms with Crippen LogP contribution < -0.4 is 0 Å². The van der Waals surface area contributed by atoms with E-state index in [9.17, 15) is 0 Å². The number of fused-ring (bicyclic) bond motifs is 12. The second-order valence-corrected chi connectivity index (χ2v) is 16.7. The molecule has 0 saturated heterocycles. The zero-order valence-corrected chi connectivity index (χ0v) is 34.0. The lowest BCUT2D eigenvalue weighted by atomic mass is 9.80. The first-order valence-corrected chi connectivity index (χ1v) is 21.1. The number of furan rings is 1. The van der Waals surface area contributed by atoms with Crippen molar-refractivity contribution < 1.29 is 4.42 Å². The molecule has 1 heteroatoms. The first-order valence-electron chi connectivity index (χ1n) is 21.1. The minimum Gasteiger partial charge on any atom is -0.456 e. The van der Waals surface area contributed by atoms with E-state index in [0.717, 1.165) is 35.1 Å². The van der Waals surface area contributed by atoms with Gasteiger partial charge in [-0.3, -0.25) is 0 Å². The summed E-state index contributed by atoms with van der Waals surface area (Å²) in [6.45, 7) is 9.41. The standard InChI is InChI=1S/C59H44O/c1-38(53-43-24-11-13-26-45(43)54(46-27-14-12-25-44(46)53)40-21-9-7-5-4-6-8-10-22-40)32-33-39-20-19-23-41(36-39)42-34-35-51-50(37-42)55-47-28-15-16-29-48(47)56-49-30-17-18-31-52(49)60-58(56)57(55)59(51,2)3/h4-5,7-20,22-37H,1,6,21H2,2-3H3/b5-4-,9-7-,10-8-,33-32-,40-22+. The molecule has 9 aromatic rings. The van der Waals surface area contributed by atoms with E-state index >= 15 is 0 Å². The van der Waals surface area contributed by atoms with Crippen LogP contribution in [0.25, 0.3) is 93.7 Å². The van der Waals surface area contributed by atoms with E-state index in [1.807, 2.05) is 0 Å². The molecule has 11 rings (SSSR count). The highest BCUT2D eigenvalue weighted by Crippen LogP contribution is 2.56. The topological polar surface area (TPSA) is 13.1 Å². The maximum absolute atomic E-state index is 6.75. The van der Waals surface area contributed by atoms with Crippen LogP contribution in [0.1, 0.15) is 54.5 Å². The van der Waals surface area contributed by atoms with E-state index in [2.05, 4.69) is 208 Å². The SMILES string of the molecule is C=C(/C=C\c1cccc(-c2ccc3c(c2)-c2c(c4oc5ccccc5c4c4ccccc24)C3(C)C)c1)c1c2ccccc2c(/C2=C/C=C\C/C=C\C=C/C2)c2ccccc12. The Morgan fingerprint density at radius 2 is 1.23 bits per heavy atom. The zero-order valence-electron chi connectivity index (χ0n) is 34.0. The molecule has 0 bridgehead atoms. The van der Waals surface area contributed by atoms with Gasteiger partial charge in [0.1, 0.15) is 11.2 Å². The van der Waals surface area contributed by atoms with Crippen LogP contribution in [0, 0.1) is 0 Å². The molecule has 1 nitrogen and oxygen atoms in total. The molecule has 2 aliphatic carbocycles. The summed E-state index contributed by atoms with van der Waals surface area (Å²) >= 11 is 0. The van der Waals surface area contributed by atoms with E-state index in [1.54, 1.807) is 0 Å². The monoisotopic (exact) mass is 768 g/mol. The third-order valence-electron chi connectivity index (χ3n) is 12.8. The molecule has 0 spiro atoms. The summed E-state index contributed by atoms with van der Waals surface area (Å²) in [4.78, 5) is 0. The van der Waals surface area contributed by atoms with Crippen LogP contribution in [0.3, 0.4) is 0 Å². The molecule has 2 aliphatic rings. The van der Waals surface area contributed by atoms with Crippen LogP contribution in [0.2, 0.25) is 0 Å². The Kier molecular flexibility index (Phi) is 8.53. The van der Waals surface area contributed by atoms with Crippen LogP contribution in [0.15, 0.2) is 199 Å². The van der Waals surface area contributed by atoms with Crippen LogP contribution in [0.5, 0.6) is 0 Å². The number of rotatable bonds is 5. The van der Waals surface area contributed by atoms with Gasteiger partial charge in [0.25, 0.3) is 0 Å². The quantitative estimate of drug-likeness (QED) is 0.126. The van der Waals surface area contributed by atoms with Crippen molar-refractivity contribution in [2.24, 2.45) is 0 Å². The van der Waals surface area contributed by atoms with Crippen LogP contribution in [-0.2, 0) is 5.41 Å². The molecule has 0 N–H and O–H groups in total. The largest absolute Gasteiger partial charge is 0.456 e. The van der Waals surface area contributed by atoms with Crippen molar-refractivity contribution in [1.29, 1.82) is 0 Å². The summed E-state index contributed by atoms with van der Waals surface area (Å²) in [7, 11) is 0. The highest BCUT2D eigenvalue weighted by atomic mass is 16.3. The van der Waals surface area contributed by atoms with Crippen molar-refractivity contribution in [1.82, 2.24) is 0 Å². The molecule has 0 fully saturated rings. The van der Waals surface area contributed by atoms with Gasteiger partial charge in [-0.25, -0.2) is 0 Å². The molecular formula is C59H44O. The van der Waals surface area contributed by atoms with Gasteiger partial charge in [-0.2, -0.15) is 0 Å². The Balaban J connectivity index is 0.988. The molecule has 1 aromatic heterocycles. The van der Waals surface area contributed by atoms with Crippen molar-refractivity contribution in [2.75, 3.05) is 0 Å². The predicted octanol–water partition coefficient (Wildman–Crippen LogP) is 16.6. The molecule has 0 aliphatic heterocycles. The van der Waals surface area contributed by atoms with Gasteiger partial charge >= 0.3 is 0 Å². The second-order valence-electron chi connectivity index (χ2n) is 16.7. The van der Waals surface area contributed by atoms with Gasteiger partial charge in [0.15, 0.2) is 0 Å². The molecule has 0 amide bonds. The van der Waals surface area contributed by atoms with Gasteiger partial charge in [0, 0.05) is 21.8 Å². The van der Waals surface area contributed by atoms with Crippen LogP contribution in [0.4, 0.5) is 0 Å². The van der Waals surface area contributed by atoms with Crippen LogP contribution in [-0.4, -0.2) is 0 Å². The van der Waals surface area contributed by atoms with Crippen molar-refractivity contribution in [3.05, 3.63) is 223 Å². The smallest absolute Gasteiger partial charge is 0.140 e. The first kappa shape index (κ1) is 35.9. The number of hydrogen-bond donors (Lipinski definition) is 0. The van der Waals surface area contributed by atoms with Crippen molar-refractivity contribution in [3.8, 4) is 22.3 Å². The molecule has 286 valence electrons. The molecule has 0 saturated carbocycles. The molecule has 0 atom stereocenters. The Hall–Kier alpha value is -7.22. The second kappa shape index (κ2) is 14.3. The third kappa shape index (κ3) is 5.68. The summed E-state index contributed by atoms with van der Waals surface area (Å²) in [6, 6.07) is 50.9. The van der Waals surface area contributed by atoms with Gasteiger partial charge in [-0.05, 0) is 119 Å². The summed E-state index contributed by atoms with van der Waals surface area (Å²) in [5, 5.41) is 9.83. The molecule has 1 heterocycles. The Morgan fingerprint density at radius 3 is 2.00 bits per heavy atom. The number of para-hydroxylation sites is 1. The molecule has 0 radical (unpaired) electrons. The highest BCUT2D eigenvalue weighted by Gasteiger charge is 2.40. The van der Waals surface area contributed by atoms with Crippen molar-refractivity contribution in [2.45, 2.75) is 32.1 Å². The summed E-state index contributed by atoms with van der Waals surface area (Å²) in [5.41, 5.74) is 15.2. The fourth-order valence-electron chi connectivity index (χ4n) is 10.1.